The van der Waals surface area contributed by atoms with Gasteiger partial charge in [-0.3, -0.25) is 19.6 Å². The molecule has 1 fully saturated rings. The molecule has 2 N–H and O–H groups in total. The van der Waals surface area contributed by atoms with Crippen LogP contribution >= 0.6 is 0 Å². The Morgan fingerprint density at radius 3 is 2.90 bits per heavy atom. The van der Waals surface area contributed by atoms with Gasteiger partial charge in [-0.15, -0.1) is 0 Å². The first-order chi connectivity index (χ1) is 14.2. The second-order valence-electron chi connectivity index (χ2n) is 7.36. The summed E-state index contributed by atoms with van der Waals surface area (Å²) >= 11 is 0. The topological polar surface area (TPSA) is 83.0 Å². The van der Waals surface area contributed by atoms with Gasteiger partial charge in [0.2, 0.25) is 11.8 Å². The third-order valence-corrected chi connectivity index (χ3v) is 5.53. The highest BCUT2D eigenvalue weighted by Crippen LogP contribution is 2.29. The van der Waals surface area contributed by atoms with Gasteiger partial charge in [0, 0.05) is 43.2 Å². The molecule has 1 unspecified atom stereocenters. The number of hydrogen-bond donors (Lipinski definition) is 2. The van der Waals surface area contributed by atoms with Crippen molar-refractivity contribution in [2.24, 2.45) is 5.92 Å². The van der Waals surface area contributed by atoms with Crippen molar-refractivity contribution < 1.29 is 9.59 Å². The zero-order chi connectivity index (χ0) is 19.8. The number of rotatable bonds is 5. The predicted octanol–water partition coefficient (Wildman–Crippen LogP) is 2.69. The van der Waals surface area contributed by atoms with E-state index in [4.69, 9.17) is 0 Å². The summed E-state index contributed by atoms with van der Waals surface area (Å²) in [6.07, 6.45) is 2.24. The van der Waals surface area contributed by atoms with Gasteiger partial charge < -0.3 is 9.88 Å². The minimum absolute atomic E-state index is 0.0705. The van der Waals surface area contributed by atoms with E-state index in [0.29, 0.717) is 25.5 Å². The van der Waals surface area contributed by atoms with Crippen molar-refractivity contribution >= 4 is 39.4 Å². The number of benzene rings is 2. The molecule has 1 saturated heterocycles. The molecule has 29 heavy (non-hydrogen) atoms. The van der Waals surface area contributed by atoms with Crippen LogP contribution in [0.4, 0.5) is 5.82 Å². The smallest absolute Gasteiger partial charge is 0.229 e. The van der Waals surface area contributed by atoms with E-state index in [2.05, 4.69) is 38.3 Å². The Bertz CT molecular complexity index is 1210. The summed E-state index contributed by atoms with van der Waals surface area (Å²) in [5.74, 6) is 0.0787. The second-order valence-corrected chi connectivity index (χ2v) is 7.36. The van der Waals surface area contributed by atoms with Crippen LogP contribution in [0.25, 0.3) is 21.8 Å². The fraction of sp³-hybridized carbons (Fsp3) is 0.227. The molecule has 2 aromatic carbocycles. The Morgan fingerprint density at radius 1 is 1.14 bits per heavy atom. The monoisotopic (exact) mass is 387 g/mol. The van der Waals surface area contributed by atoms with Crippen LogP contribution in [0.1, 0.15) is 6.42 Å². The number of aromatic amines is 1. The number of anilines is 1. The van der Waals surface area contributed by atoms with Gasteiger partial charge in [-0.25, -0.2) is 0 Å². The largest absolute Gasteiger partial charge is 0.354 e. The van der Waals surface area contributed by atoms with Gasteiger partial charge in [0.15, 0.2) is 5.82 Å². The van der Waals surface area contributed by atoms with Gasteiger partial charge in [-0.05, 0) is 29.7 Å². The molecule has 146 valence electrons. The van der Waals surface area contributed by atoms with Crippen LogP contribution in [-0.2, 0) is 16.1 Å². The lowest BCUT2D eigenvalue weighted by Crippen LogP contribution is -2.34. The number of carbonyl (C=O) groups excluding carboxylic acids is 2. The summed E-state index contributed by atoms with van der Waals surface area (Å²) in [5, 5.41) is 12.3. The first kappa shape index (κ1) is 17.5. The predicted molar refractivity (Wildman–Crippen MR) is 112 cm³/mol. The van der Waals surface area contributed by atoms with Crippen LogP contribution in [0.3, 0.4) is 0 Å². The number of para-hydroxylation sites is 2. The molecule has 7 nitrogen and oxygen atoms in total. The highest BCUT2D eigenvalue weighted by atomic mass is 16.2. The maximum absolute atomic E-state index is 12.6. The van der Waals surface area contributed by atoms with E-state index < -0.39 is 0 Å². The summed E-state index contributed by atoms with van der Waals surface area (Å²) in [6, 6.07) is 17.9. The lowest BCUT2D eigenvalue weighted by molar-refractivity contribution is -0.126. The number of nitrogens with zero attached hydrogens (tertiary/aromatic N) is 3. The molecule has 1 aliphatic rings. The van der Waals surface area contributed by atoms with Gasteiger partial charge in [0.05, 0.1) is 11.4 Å². The van der Waals surface area contributed by atoms with Crippen molar-refractivity contribution in [3.63, 3.8) is 0 Å². The van der Waals surface area contributed by atoms with E-state index in [0.717, 1.165) is 16.4 Å². The molecule has 2 aromatic heterocycles. The lowest BCUT2D eigenvalue weighted by atomic mass is 10.1. The summed E-state index contributed by atoms with van der Waals surface area (Å²) < 4.78 is 2.12. The maximum atomic E-state index is 12.6. The first-order valence-corrected chi connectivity index (χ1v) is 9.76. The fourth-order valence-corrected chi connectivity index (χ4v) is 4.02. The van der Waals surface area contributed by atoms with E-state index in [1.54, 1.807) is 4.90 Å². The average molecular weight is 387 g/mol. The van der Waals surface area contributed by atoms with Crippen molar-refractivity contribution in [2.45, 2.75) is 13.0 Å². The highest BCUT2D eigenvalue weighted by molar-refractivity contribution is 6.05. The molecular formula is C22H21N5O2. The summed E-state index contributed by atoms with van der Waals surface area (Å²) in [7, 11) is 0. The summed E-state index contributed by atoms with van der Waals surface area (Å²) in [5.41, 5.74) is 2.02. The van der Waals surface area contributed by atoms with Crippen LogP contribution in [0.5, 0.6) is 0 Å². The van der Waals surface area contributed by atoms with Crippen LogP contribution in [-0.4, -0.2) is 39.7 Å². The second kappa shape index (κ2) is 7.09. The number of fused-ring (bicyclic) bond motifs is 2. The summed E-state index contributed by atoms with van der Waals surface area (Å²) in [6.45, 7) is 1.56. The van der Waals surface area contributed by atoms with E-state index in [1.165, 1.54) is 5.39 Å². The van der Waals surface area contributed by atoms with Crippen molar-refractivity contribution in [1.29, 1.82) is 0 Å². The zero-order valence-electron chi connectivity index (χ0n) is 15.8. The average Bonchev–Trinajstić information content (AvgIpc) is 3.45. The van der Waals surface area contributed by atoms with E-state index in [1.807, 2.05) is 42.6 Å². The maximum Gasteiger partial charge on any atom is 0.229 e. The van der Waals surface area contributed by atoms with Gasteiger partial charge in [-0.1, -0.05) is 30.3 Å². The van der Waals surface area contributed by atoms with Crippen molar-refractivity contribution in [3.8, 4) is 0 Å². The molecule has 1 aliphatic heterocycles. The fourth-order valence-electron chi connectivity index (χ4n) is 4.02. The van der Waals surface area contributed by atoms with Crippen LogP contribution in [0.2, 0.25) is 0 Å². The van der Waals surface area contributed by atoms with Gasteiger partial charge >= 0.3 is 0 Å². The molecule has 7 heteroatoms. The normalized spacial score (nSPS) is 16.8. The Morgan fingerprint density at radius 2 is 1.97 bits per heavy atom. The number of nitrogens with one attached hydrogen (secondary N) is 2. The molecule has 0 saturated carbocycles. The van der Waals surface area contributed by atoms with Crippen molar-refractivity contribution in [1.82, 2.24) is 20.1 Å². The number of hydrogen-bond acceptors (Lipinski definition) is 3. The Hall–Kier alpha value is -3.61. The molecule has 0 radical (unpaired) electrons. The molecule has 4 aromatic rings. The van der Waals surface area contributed by atoms with Crippen LogP contribution in [0, 0.1) is 5.92 Å². The molecule has 0 aliphatic carbocycles. The molecule has 5 rings (SSSR count). The number of H-pyrrole nitrogens is 1. The minimum atomic E-state index is -0.362. The molecule has 0 bridgehead atoms. The van der Waals surface area contributed by atoms with Gasteiger partial charge in [0.25, 0.3) is 0 Å². The van der Waals surface area contributed by atoms with E-state index >= 15 is 0 Å². The lowest BCUT2D eigenvalue weighted by Gasteiger charge is -2.14. The van der Waals surface area contributed by atoms with Gasteiger partial charge in [0.1, 0.15) is 0 Å². The summed E-state index contributed by atoms with van der Waals surface area (Å²) in [4.78, 5) is 26.8. The zero-order valence-corrected chi connectivity index (χ0v) is 15.8. The number of aromatic nitrogens is 3. The third-order valence-electron chi connectivity index (χ3n) is 5.53. The first-order valence-electron chi connectivity index (χ1n) is 9.76. The van der Waals surface area contributed by atoms with Crippen molar-refractivity contribution in [3.05, 3.63) is 60.8 Å². The van der Waals surface area contributed by atoms with Crippen LogP contribution in [0.15, 0.2) is 60.8 Å². The van der Waals surface area contributed by atoms with E-state index in [-0.39, 0.29) is 24.2 Å². The third kappa shape index (κ3) is 3.14. The Kier molecular flexibility index (Phi) is 4.27. The molecule has 1 atom stereocenters. The molecular weight excluding hydrogens is 366 g/mol. The number of carbonyl (C=O) groups is 2. The van der Waals surface area contributed by atoms with E-state index in [9.17, 15) is 9.59 Å². The minimum Gasteiger partial charge on any atom is -0.354 e. The highest BCUT2D eigenvalue weighted by Gasteiger charge is 2.36. The number of amides is 2. The van der Waals surface area contributed by atoms with Crippen LogP contribution < -0.4 is 10.2 Å². The molecule has 2 amide bonds. The van der Waals surface area contributed by atoms with Gasteiger partial charge in [-0.2, -0.15) is 5.10 Å². The SMILES string of the molecule is O=C(NCCn1ccc2ccccc21)C1CC(=O)N(c2n[nH]c3ccccc23)C1. The van der Waals surface area contributed by atoms with Crippen molar-refractivity contribution in [2.75, 3.05) is 18.0 Å². The quantitative estimate of drug-likeness (QED) is 0.552. The Balaban J connectivity index is 1.22. The Labute approximate surface area is 167 Å². The molecule has 3 heterocycles. The standard InChI is InChI=1S/C22H21N5O2/c28-20-13-16(14-27(20)21-17-6-2-3-7-18(17)24-25-21)22(29)23-10-12-26-11-9-15-5-1-4-8-19(15)26/h1-9,11,16H,10,12-14H2,(H,23,29)(H,24,25). The molecule has 0 spiro atoms.